The van der Waals surface area contributed by atoms with Crippen molar-refractivity contribution in [3.8, 4) is 23.0 Å². The second-order valence-corrected chi connectivity index (χ2v) is 13.3. The second kappa shape index (κ2) is 7.64. The minimum Gasteiger partial charge on any atom is -0.508 e. The molecule has 2 spiro atoms. The molecule has 7 aliphatic rings. The van der Waals surface area contributed by atoms with Crippen molar-refractivity contribution in [1.29, 1.82) is 0 Å². The summed E-state index contributed by atoms with van der Waals surface area (Å²) in [5.41, 5.74) is 1.52. The summed E-state index contributed by atoms with van der Waals surface area (Å²) in [6.45, 7) is 2.61. The van der Waals surface area contributed by atoms with Crippen LogP contribution in [0, 0.1) is 0 Å². The van der Waals surface area contributed by atoms with Gasteiger partial charge in [0.2, 0.25) is 0 Å². The highest BCUT2D eigenvalue weighted by molar-refractivity contribution is 7.99. The molecule has 9 rings (SSSR count). The molecule has 3 heterocycles. The number of aliphatic hydroxyl groups excluding tert-OH is 1. The van der Waals surface area contributed by atoms with Crippen molar-refractivity contribution in [3.05, 3.63) is 52.6 Å². The molecule has 4 bridgehead atoms. The van der Waals surface area contributed by atoms with Gasteiger partial charge in [0.1, 0.15) is 36.3 Å². The Labute approximate surface area is 231 Å². The topological polar surface area (TPSA) is 101 Å². The number of epoxide rings is 1. The van der Waals surface area contributed by atoms with Gasteiger partial charge in [0, 0.05) is 42.4 Å². The Balaban J connectivity index is 1.49. The highest BCUT2D eigenvalue weighted by Gasteiger charge is 2.82. The smallest absolute Gasteiger partial charge is 0.166 e. The quantitative estimate of drug-likeness (QED) is 0.159. The fourth-order valence-electron chi connectivity index (χ4n) is 9.32. The zero-order chi connectivity index (χ0) is 26.9. The number of phenolic OH excluding ortho intramolecular Hbond substituents is 2. The van der Waals surface area contributed by atoms with E-state index in [0.29, 0.717) is 22.0 Å². The van der Waals surface area contributed by atoms with Gasteiger partial charge in [-0.25, -0.2) is 0 Å². The molecule has 3 aliphatic heterocycles. The van der Waals surface area contributed by atoms with Crippen LogP contribution in [0.15, 0.2) is 35.2 Å². The fraction of sp³-hybridized carbons (Fsp3) is 0.533. The number of piperidine rings is 1. The number of thioether (sulfide) groups is 1. The zero-order valence-electron chi connectivity index (χ0n) is 22.4. The summed E-state index contributed by atoms with van der Waals surface area (Å²) in [4.78, 5) is 0.529. The van der Waals surface area contributed by atoms with Crippen LogP contribution in [0.1, 0.15) is 28.7 Å². The molecule has 7 atom stereocenters. The summed E-state index contributed by atoms with van der Waals surface area (Å²) in [6, 6.07) is 5.95. The van der Waals surface area contributed by atoms with Crippen LogP contribution in [0.3, 0.4) is 0 Å². The van der Waals surface area contributed by atoms with Gasteiger partial charge in [-0.05, 0) is 23.8 Å². The molecule has 206 valence electrons. The van der Waals surface area contributed by atoms with Crippen molar-refractivity contribution >= 4 is 11.8 Å². The fourth-order valence-corrected chi connectivity index (χ4v) is 10.1. The monoisotopic (exact) mass is 552 g/mol. The van der Waals surface area contributed by atoms with Crippen LogP contribution >= 0.6 is 11.8 Å². The molecule has 0 radical (unpaired) electrons. The van der Waals surface area contributed by atoms with Crippen LogP contribution in [0.4, 0.5) is 0 Å². The van der Waals surface area contributed by atoms with E-state index in [9.17, 15) is 15.3 Å². The highest BCUT2D eigenvalue weighted by Crippen LogP contribution is 2.76. The van der Waals surface area contributed by atoms with Gasteiger partial charge in [-0.1, -0.05) is 12.1 Å². The van der Waals surface area contributed by atoms with E-state index >= 15 is 0 Å². The number of benzene rings is 2. The SMILES string of the molecule is COc1ccc2c3c1O[C@@H]1[C@]34CC[N+](C)(C[C@@H]3CO3)[C@H](C2)[C@]42C=C[C@@]1(OC)c1c(O)c(SCCO)cc(O)c12. The second-order valence-electron chi connectivity index (χ2n) is 12.2. The summed E-state index contributed by atoms with van der Waals surface area (Å²) < 4.78 is 25.8. The van der Waals surface area contributed by atoms with Crippen molar-refractivity contribution in [2.75, 3.05) is 53.3 Å². The van der Waals surface area contributed by atoms with Gasteiger partial charge in [-0.15, -0.1) is 11.8 Å². The van der Waals surface area contributed by atoms with E-state index in [1.54, 1.807) is 20.3 Å². The number of rotatable bonds is 7. The van der Waals surface area contributed by atoms with E-state index in [1.807, 2.05) is 6.07 Å². The van der Waals surface area contributed by atoms with Crippen LogP contribution in [0.5, 0.6) is 23.0 Å². The lowest BCUT2D eigenvalue weighted by Crippen LogP contribution is -2.81. The van der Waals surface area contributed by atoms with E-state index < -0.39 is 22.5 Å². The largest absolute Gasteiger partial charge is 0.508 e. The van der Waals surface area contributed by atoms with Crippen molar-refractivity contribution < 1.29 is 38.8 Å². The third-order valence-electron chi connectivity index (χ3n) is 10.7. The van der Waals surface area contributed by atoms with Crippen molar-refractivity contribution in [2.45, 2.75) is 52.4 Å². The van der Waals surface area contributed by atoms with Gasteiger partial charge in [0.05, 0.1) is 49.6 Å². The van der Waals surface area contributed by atoms with Crippen LogP contribution in [0.2, 0.25) is 0 Å². The minimum atomic E-state index is -1.11. The first-order valence-electron chi connectivity index (χ1n) is 13.7. The molecule has 3 N–H and O–H groups in total. The number of ether oxygens (including phenoxy) is 4. The van der Waals surface area contributed by atoms with Crippen LogP contribution in [-0.2, 0) is 32.3 Å². The van der Waals surface area contributed by atoms with E-state index in [4.69, 9.17) is 18.9 Å². The number of hydrogen-bond donors (Lipinski definition) is 3. The molecular weight excluding hydrogens is 518 g/mol. The zero-order valence-corrected chi connectivity index (χ0v) is 23.2. The molecule has 0 saturated carbocycles. The van der Waals surface area contributed by atoms with Gasteiger partial charge >= 0.3 is 0 Å². The number of nitrogens with zero attached hydrogens (tertiary/aromatic N) is 1. The van der Waals surface area contributed by atoms with Crippen molar-refractivity contribution in [3.63, 3.8) is 0 Å². The molecular formula is C30H34NO7S+. The first-order valence-corrected chi connectivity index (χ1v) is 14.7. The van der Waals surface area contributed by atoms with E-state index in [-0.39, 0.29) is 30.3 Å². The molecule has 0 aromatic heterocycles. The third kappa shape index (κ3) is 2.58. The molecule has 4 aliphatic carbocycles. The molecule has 39 heavy (non-hydrogen) atoms. The Kier molecular flexibility index (Phi) is 4.78. The normalized spacial score (nSPS) is 39.2. The summed E-state index contributed by atoms with van der Waals surface area (Å²) in [5, 5.41) is 33.3. The molecule has 1 unspecified atom stereocenters. The molecule has 2 saturated heterocycles. The van der Waals surface area contributed by atoms with Crippen LogP contribution < -0.4 is 9.47 Å². The van der Waals surface area contributed by atoms with E-state index in [0.717, 1.165) is 48.3 Å². The Bertz CT molecular complexity index is 1460. The van der Waals surface area contributed by atoms with Crippen LogP contribution in [0.25, 0.3) is 0 Å². The molecule has 2 aromatic rings. The first kappa shape index (κ1) is 24.4. The lowest BCUT2D eigenvalue weighted by molar-refractivity contribution is -0.945. The Morgan fingerprint density at radius 2 is 1.97 bits per heavy atom. The molecule has 9 heteroatoms. The maximum Gasteiger partial charge on any atom is 0.166 e. The summed E-state index contributed by atoms with van der Waals surface area (Å²) in [7, 11) is 5.66. The number of aromatic hydroxyl groups is 2. The summed E-state index contributed by atoms with van der Waals surface area (Å²) in [6.07, 6.45) is 5.80. The number of phenols is 2. The van der Waals surface area contributed by atoms with Gasteiger partial charge in [0.25, 0.3) is 0 Å². The number of aliphatic hydroxyl groups is 1. The number of quaternary nitrogens is 1. The average Bonchev–Trinajstić information content (AvgIpc) is 3.67. The van der Waals surface area contributed by atoms with Crippen LogP contribution in [-0.4, -0.2) is 91.4 Å². The van der Waals surface area contributed by atoms with Gasteiger partial charge in [0.15, 0.2) is 17.1 Å². The Morgan fingerprint density at radius 3 is 2.69 bits per heavy atom. The average molecular weight is 553 g/mol. The van der Waals surface area contributed by atoms with Crippen molar-refractivity contribution in [2.24, 2.45) is 0 Å². The van der Waals surface area contributed by atoms with Gasteiger partial charge in [-0.3, -0.25) is 0 Å². The third-order valence-corrected chi connectivity index (χ3v) is 11.8. The number of likely N-dealkylation sites (tertiary alicyclic amines) is 1. The van der Waals surface area contributed by atoms with E-state index in [1.165, 1.54) is 22.9 Å². The first-order chi connectivity index (χ1) is 18.8. The maximum atomic E-state index is 11.9. The molecule has 2 aromatic carbocycles. The maximum absolute atomic E-state index is 11.9. The summed E-state index contributed by atoms with van der Waals surface area (Å²) >= 11 is 1.32. The number of hydrogen-bond acceptors (Lipinski definition) is 8. The minimum absolute atomic E-state index is 0.0326. The Morgan fingerprint density at radius 1 is 1.15 bits per heavy atom. The lowest BCUT2D eigenvalue weighted by atomic mass is 9.37. The predicted octanol–water partition coefficient (Wildman–Crippen LogP) is 2.73. The highest BCUT2D eigenvalue weighted by atomic mass is 32.2. The number of methoxy groups -OCH3 is 2. The van der Waals surface area contributed by atoms with Crippen molar-refractivity contribution in [1.82, 2.24) is 0 Å². The molecule has 0 amide bonds. The predicted molar refractivity (Wildman–Crippen MR) is 144 cm³/mol. The lowest BCUT2D eigenvalue weighted by Gasteiger charge is -2.70. The van der Waals surface area contributed by atoms with E-state index in [2.05, 4.69) is 25.3 Å². The standard InChI is InChI=1S/C30H33NO7S/c1-31(14-17-15-37-17)9-8-29-22-16-4-5-19(35-2)26(22)38-27(29)30(36-3)7-6-28(29,21(31)12-16)23-18(33)13-20(39-11-10-32)25(34)24(23)30/h4-7,13,17,21,27,32H,8-12,14-15H2,1-3H3,(H-,33,34)/p+1/t17-,21-,27-,28+,29+,30-,31?/m1/s1. The molecule has 2 fully saturated rings. The number of likely N-dealkylation sites (N-methyl/N-ethyl adjacent to an activating group) is 1. The Hall–Kier alpha value is -2.43. The van der Waals surface area contributed by atoms with Gasteiger partial charge in [-0.2, -0.15) is 0 Å². The van der Waals surface area contributed by atoms with Gasteiger partial charge < -0.3 is 38.8 Å². The molecule has 8 nitrogen and oxygen atoms in total. The summed E-state index contributed by atoms with van der Waals surface area (Å²) in [5.74, 6) is 2.12.